The first-order valence-electron chi connectivity index (χ1n) is 8.69. The van der Waals surface area contributed by atoms with Crippen LogP contribution >= 0.6 is 11.6 Å². The van der Waals surface area contributed by atoms with Gasteiger partial charge in [-0.3, -0.25) is 13.9 Å². The van der Waals surface area contributed by atoms with Crippen molar-refractivity contribution in [3.8, 4) is 0 Å². The molecular formula is C20H22ClN3O4S. The van der Waals surface area contributed by atoms with Crippen LogP contribution < -0.4 is 14.9 Å². The van der Waals surface area contributed by atoms with Gasteiger partial charge in [0.25, 0.3) is 5.91 Å². The summed E-state index contributed by atoms with van der Waals surface area (Å²) in [6.45, 7) is 5.27. The second-order valence-electron chi connectivity index (χ2n) is 6.25. The molecule has 1 atom stereocenters. The third-order valence-electron chi connectivity index (χ3n) is 3.99. The molecule has 2 aromatic rings. The van der Waals surface area contributed by atoms with Crippen molar-refractivity contribution in [1.82, 2.24) is 5.32 Å². The first kappa shape index (κ1) is 22.4. The second kappa shape index (κ2) is 9.58. The van der Waals surface area contributed by atoms with E-state index in [1.807, 2.05) is 0 Å². The quantitative estimate of drug-likeness (QED) is 0.623. The van der Waals surface area contributed by atoms with E-state index in [-0.39, 0.29) is 29.4 Å². The van der Waals surface area contributed by atoms with E-state index >= 15 is 0 Å². The normalized spacial score (nSPS) is 12.0. The van der Waals surface area contributed by atoms with Crippen LogP contribution in [0.25, 0.3) is 0 Å². The van der Waals surface area contributed by atoms with Crippen LogP contribution in [0.3, 0.4) is 0 Å². The highest BCUT2D eigenvalue weighted by Gasteiger charge is 2.30. The fraction of sp³-hybridized carbons (Fsp3) is 0.200. The van der Waals surface area contributed by atoms with Crippen LogP contribution in [-0.2, 0) is 14.8 Å². The zero-order valence-electron chi connectivity index (χ0n) is 16.1. The van der Waals surface area contributed by atoms with Crippen molar-refractivity contribution < 1.29 is 18.0 Å². The van der Waals surface area contributed by atoms with E-state index in [2.05, 4.69) is 17.2 Å². The average molecular weight is 436 g/mol. The Morgan fingerprint density at radius 1 is 1.21 bits per heavy atom. The molecule has 0 saturated heterocycles. The Hall–Kier alpha value is -2.84. The number of benzene rings is 2. The molecule has 2 amide bonds. The minimum absolute atomic E-state index is 0.253. The number of carbonyl (C=O) groups excluding carboxylic acids is 2. The van der Waals surface area contributed by atoms with E-state index in [0.717, 1.165) is 10.6 Å². The highest BCUT2D eigenvalue weighted by molar-refractivity contribution is 7.92. The molecule has 29 heavy (non-hydrogen) atoms. The maximum Gasteiger partial charge on any atom is 0.253 e. The van der Waals surface area contributed by atoms with Crippen LogP contribution in [0.2, 0.25) is 5.02 Å². The Kier molecular flexibility index (Phi) is 7.41. The molecule has 2 aromatic carbocycles. The molecule has 0 unspecified atom stereocenters. The van der Waals surface area contributed by atoms with Crippen LogP contribution in [0.1, 0.15) is 17.3 Å². The molecule has 9 heteroatoms. The maximum atomic E-state index is 12.8. The summed E-state index contributed by atoms with van der Waals surface area (Å²) in [5, 5.41) is 5.62. The van der Waals surface area contributed by atoms with Crippen molar-refractivity contribution in [2.45, 2.75) is 13.0 Å². The summed E-state index contributed by atoms with van der Waals surface area (Å²) in [4.78, 5) is 25.1. The van der Waals surface area contributed by atoms with Crippen LogP contribution in [0.5, 0.6) is 0 Å². The van der Waals surface area contributed by atoms with Crippen LogP contribution in [0.15, 0.2) is 61.2 Å². The van der Waals surface area contributed by atoms with Crippen LogP contribution in [0.4, 0.5) is 11.4 Å². The number of hydrogen-bond donors (Lipinski definition) is 2. The van der Waals surface area contributed by atoms with Crippen LogP contribution in [0, 0.1) is 0 Å². The number of nitrogens with one attached hydrogen (secondary N) is 2. The number of anilines is 2. The van der Waals surface area contributed by atoms with E-state index in [1.54, 1.807) is 42.5 Å². The van der Waals surface area contributed by atoms with E-state index in [4.69, 9.17) is 11.6 Å². The summed E-state index contributed by atoms with van der Waals surface area (Å²) in [7, 11) is -3.79. The molecule has 0 saturated carbocycles. The first-order valence-corrected chi connectivity index (χ1v) is 10.9. The minimum Gasteiger partial charge on any atom is -0.349 e. The lowest BCUT2D eigenvalue weighted by Gasteiger charge is -2.28. The molecule has 0 fully saturated rings. The highest BCUT2D eigenvalue weighted by atomic mass is 35.5. The zero-order chi connectivity index (χ0) is 21.6. The largest absolute Gasteiger partial charge is 0.349 e. The average Bonchev–Trinajstić information content (AvgIpc) is 2.65. The molecule has 0 heterocycles. The summed E-state index contributed by atoms with van der Waals surface area (Å²) in [5.74, 6) is -0.984. The number of carbonyl (C=O) groups is 2. The Labute approximate surface area is 175 Å². The number of para-hydroxylation sites is 1. The van der Waals surface area contributed by atoms with Crippen LogP contribution in [-0.4, -0.2) is 39.1 Å². The SMILES string of the molecule is C=CCNC(=O)c1ccccc1NC(=O)[C@H](C)N(c1cccc(Cl)c1)S(C)(=O)=O. The van der Waals surface area contributed by atoms with E-state index < -0.39 is 22.0 Å². The lowest BCUT2D eigenvalue weighted by atomic mass is 10.1. The molecule has 2 rings (SSSR count). The Morgan fingerprint density at radius 2 is 1.90 bits per heavy atom. The van der Waals surface area contributed by atoms with Gasteiger partial charge < -0.3 is 10.6 Å². The maximum absolute atomic E-state index is 12.8. The summed E-state index contributed by atoms with van der Waals surface area (Å²) in [6, 6.07) is 11.6. The Bertz CT molecular complexity index is 1020. The van der Waals surface area contributed by atoms with Gasteiger partial charge in [-0.1, -0.05) is 35.9 Å². The summed E-state index contributed by atoms with van der Waals surface area (Å²) < 4.78 is 25.7. The standard InChI is InChI=1S/C20H22ClN3O4S/c1-4-12-22-20(26)17-10-5-6-11-18(17)23-19(25)14(2)24(29(3,27)28)16-9-7-8-15(21)13-16/h4-11,13-14H,1,12H2,2-3H3,(H,22,26)(H,23,25)/t14-/m0/s1. The van der Waals surface area contributed by atoms with Gasteiger partial charge in [0.05, 0.1) is 23.2 Å². The van der Waals surface area contributed by atoms with E-state index in [9.17, 15) is 18.0 Å². The third kappa shape index (κ3) is 5.82. The monoisotopic (exact) mass is 435 g/mol. The zero-order valence-corrected chi connectivity index (χ0v) is 17.6. The topological polar surface area (TPSA) is 95.6 Å². The predicted octanol–water partition coefficient (Wildman–Crippen LogP) is 3.05. The van der Waals surface area contributed by atoms with Crippen molar-refractivity contribution in [2.75, 3.05) is 22.4 Å². The molecule has 0 aliphatic rings. The number of halogens is 1. The van der Waals surface area contributed by atoms with Crippen molar-refractivity contribution >= 4 is 44.8 Å². The van der Waals surface area contributed by atoms with Gasteiger partial charge in [0.15, 0.2) is 0 Å². The van der Waals surface area contributed by atoms with Gasteiger partial charge in [-0.05, 0) is 37.3 Å². The number of rotatable bonds is 8. The number of amides is 2. The van der Waals surface area contributed by atoms with Crippen molar-refractivity contribution in [1.29, 1.82) is 0 Å². The molecule has 0 spiro atoms. The minimum atomic E-state index is -3.79. The van der Waals surface area contributed by atoms with Gasteiger partial charge in [0.2, 0.25) is 15.9 Å². The Balaban J connectivity index is 2.32. The smallest absolute Gasteiger partial charge is 0.253 e. The van der Waals surface area contributed by atoms with Crippen molar-refractivity contribution in [3.05, 3.63) is 71.8 Å². The summed E-state index contributed by atoms with van der Waals surface area (Å²) in [6.07, 6.45) is 2.55. The van der Waals surface area contributed by atoms with Crippen molar-refractivity contribution in [3.63, 3.8) is 0 Å². The lowest BCUT2D eigenvalue weighted by Crippen LogP contribution is -2.45. The van der Waals surface area contributed by atoms with Gasteiger partial charge in [-0.2, -0.15) is 0 Å². The number of nitrogens with zero attached hydrogens (tertiary/aromatic N) is 1. The lowest BCUT2D eigenvalue weighted by molar-refractivity contribution is -0.116. The van der Waals surface area contributed by atoms with Gasteiger partial charge in [-0.15, -0.1) is 6.58 Å². The van der Waals surface area contributed by atoms with Gasteiger partial charge >= 0.3 is 0 Å². The Morgan fingerprint density at radius 3 is 2.52 bits per heavy atom. The predicted molar refractivity (Wildman–Crippen MR) is 116 cm³/mol. The van der Waals surface area contributed by atoms with Gasteiger partial charge in [0, 0.05) is 11.6 Å². The molecule has 7 nitrogen and oxygen atoms in total. The van der Waals surface area contributed by atoms with Gasteiger partial charge in [0.1, 0.15) is 6.04 Å². The fourth-order valence-electron chi connectivity index (χ4n) is 2.71. The molecule has 0 radical (unpaired) electrons. The highest BCUT2D eigenvalue weighted by Crippen LogP contribution is 2.25. The molecule has 2 N–H and O–H groups in total. The number of sulfonamides is 1. The second-order valence-corrected chi connectivity index (χ2v) is 8.54. The van der Waals surface area contributed by atoms with Gasteiger partial charge in [-0.25, -0.2) is 8.42 Å². The molecule has 0 aliphatic carbocycles. The summed E-state index contributed by atoms with van der Waals surface area (Å²) >= 11 is 5.98. The molecule has 0 aromatic heterocycles. The fourth-order valence-corrected chi connectivity index (χ4v) is 4.06. The molecule has 154 valence electrons. The van der Waals surface area contributed by atoms with Crippen molar-refractivity contribution in [2.24, 2.45) is 0 Å². The molecular weight excluding hydrogens is 414 g/mol. The summed E-state index contributed by atoms with van der Waals surface area (Å²) in [5.41, 5.74) is 0.786. The van der Waals surface area contributed by atoms with E-state index in [0.29, 0.717) is 5.02 Å². The first-order chi connectivity index (χ1) is 13.6. The molecule has 0 aliphatic heterocycles. The number of hydrogen-bond acceptors (Lipinski definition) is 4. The van der Waals surface area contributed by atoms with E-state index in [1.165, 1.54) is 19.1 Å². The third-order valence-corrected chi connectivity index (χ3v) is 5.46. The molecule has 0 bridgehead atoms.